The van der Waals surface area contributed by atoms with Crippen LogP contribution in [0.2, 0.25) is 0 Å². The van der Waals surface area contributed by atoms with Gasteiger partial charge in [-0.2, -0.15) is 0 Å². The first kappa shape index (κ1) is 19.0. The van der Waals surface area contributed by atoms with Gasteiger partial charge in [0.15, 0.2) is 0 Å². The topological polar surface area (TPSA) is 60.7 Å². The van der Waals surface area contributed by atoms with Gasteiger partial charge in [-0.05, 0) is 57.8 Å². The smallest absolute Gasteiger partial charge is 0.127 e. The quantitative estimate of drug-likeness (QED) is 0.313. The van der Waals surface area contributed by atoms with Gasteiger partial charge < -0.3 is 15.3 Å². The molecule has 5 rings (SSSR count). The minimum Gasteiger partial charge on any atom is -0.508 e. The molecule has 0 spiro atoms. The predicted molar refractivity (Wildman–Crippen MR) is 126 cm³/mol. The summed E-state index contributed by atoms with van der Waals surface area (Å²) < 4.78 is 0. The van der Waals surface area contributed by atoms with Gasteiger partial charge in [0, 0.05) is 17.5 Å². The number of aryl methyl sites for hydroxylation is 1. The summed E-state index contributed by atoms with van der Waals surface area (Å²) in [5, 5.41) is 36.3. The third-order valence-electron chi connectivity index (χ3n) is 5.87. The van der Waals surface area contributed by atoms with Crippen LogP contribution in [0.1, 0.15) is 16.7 Å². The Balaban J connectivity index is 1.83. The van der Waals surface area contributed by atoms with Crippen LogP contribution in [-0.4, -0.2) is 15.3 Å². The highest BCUT2D eigenvalue weighted by Gasteiger charge is 2.20. The summed E-state index contributed by atoms with van der Waals surface area (Å²) in [5.74, 6) is 0.439. The molecule has 31 heavy (non-hydrogen) atoms. The van der Waals surface area contributed by atoms with Gasteiger partial charge in [0.05, 0.1) is 0 Å². The molecular formula is C28H22O3. The fourth-order valence-electron chi connectivity index (χ4n) is 4.37. The van der Waals surface area contributed by atoms with Crippen LogP contribution >= 0.6 is 0 Å². The number of benzene rings is 5. The van der Waals surface area contributed by atoms with Gasteiger partial charge in [0.25, 0.3) is 0 Å². The summed E-state index contributed by atoms with van der Waals surface area (Å²) in [4.78, 5) is 0. The molecule has 0 fully saturated rings. The van der Waals surface area contributed by atoms with Crippen molar-refractivity contribution in [2.45, 2.75) is 13.3 Å². The Bertz CT molecular complexity index is 1450. The van der Waals surface area contributed by atoms with Crippen molar-refractivity contribution in [1.29, 1.82) is 0 Å². The normalized spacial score (nSPS) is 11.3. The van der Waals surface area contributed by atoms with E-state index < -0.39 is 0 Å². The zero-order valence-electron chi connectivity index (χ0n) is 17.1. The van der Waals surface area contributed by atoms with Gasteiger partial charge in [-0.25, -0.2) is 0 Å². The number of hydrogen-bond acceptors (Lipinski definition) is 3. The number of aromatic hydroxyl groups is 3. The molecule has 0 radical (unpaired) electrons. The molecule has 5 aromatic carbocycles. The van der Waals surface area contributed by atoms with Crippen molar-refractivity contribution >= 4 is 21.5 Å². The molecule has 0 aliphatic carbocycles. The third-order valence-corrected chi connectivity index (χ3v) is 5.87. The Morgan fingerprint density at radius 3 is 2.00 bits per heavy atom. The number of phenols is 3. The zero-order valence-corrected chi connectivity index (χ0v) is 17.1. The van der Waals surface area contributed by atoms with Gasteiger partial charge >= 0.3 is 0 Å². The van der Waals surface area contributed by atoms with Gasteiger partial charge in [-0.1, -0.05) is 72.3 Å². The highest BCUT2D eigenvalue weighted by atomic mass is 16.3. The Hall–Kier alpha value is -3.98. The Kier molecular flexibility index (Phi) is 4.52. The lowest BCUT2D eigenvalue weighted by Crippen LogP contribution is -1.95. The summed E-state index contributed by atoms with van der Waals surface area (Å²) in [6.07, 6.45) is 0.378. The first-order valence-corrected chi connectivity index (χ1v) is 10.3. The standard InChI is InChI=1S/C28H22O3/c1-17-10-12-24(29)20(14-17)16-21-15-19-7-3-5-9-23(19)27(28(21)31)26-22-8-4-2-6-18(22)11-13-25(26)30/h2-15,29-31H,16H2,1H3. The van der Waals surface area contributed by atoms with Crippen LogP contribution in [0.25, 0.3) is 32.7 Å². The first-order chi connectivity index (χ1) is 15.0. The van der Waals surface area contributed by atoms with E-state index in [1.165, 1.54) is 0 Å². The molecule has 5 aromatic rings. The van der Waals surface area contributed by atoms with Crippen LogP contribution in [0.5, 0.6) is 17.2 Å². The number of fused-ring (bicyclic) bond motifs is 2. The lowest BCUT2D eigenvalue weighted by atomic mass is 9.89. The molecule has 3 nitrogen and oxygen atoms in total. The Morgan fingerprint density at radius 1 is 0.581 bits per heavy atom. The Morgan fingerprint density at radius 2 is 1.23 bits per heavy atom. The van der Waals surface area contributed by atoms with Gasteiger partial charge in [0.1, 0.15) is 17.2 Å². The molecule has 0 unspecified atom stereocenters. The summed E-state index contributed by atoms with van der Waals surface area (Å²) in [6.45, 7) is 1.97. The van der Waals surface area contributed by atoms with Crippen molar-refractivity contribution in [3.63, 3.8) is 0 Å². The Labute approximate surface area is 180 Å². The van der Waals surface area contributed by atoms with E-state index in [4.69, 9.17) is 0 Å². The second-order valence-corrected chi connectivity index (χ2v) is 7.97. The van der Waals surface area contributed by atoms with Crippen molar-refractivity contribution in [1.82, 2.24) is 0 Å². The molecule has 0 amide bonds. The van der Waals surface area contributed by atoms with E-state index >= 15 is 0 Å². The predicted octanol–water partition coefficient (Wildman–Crippen LogP) is 6.68. The van der Waals surface area contributed by atoms with E-state index in [2.05, 4.69) is 0 Å². The van der Waals surface area contributed by atoms with Crippen LogP contribution in [0, 0.1) is 6.92 Å². The maximum Gasteiger partial charge on any atom is 0.127 e. The van der Waals surface area contributed by atoms with Crippen molar-refractivity contribution in [3.8, 4) is 28.4 Å². The summed E-state index contributed by atoms with van der Waals surface area (Å²) in [6, 6.07) is 26.7. The van der Waals surface area contributed by atoms with Crippen LogP contribution in [-0.2, 0) is 6.42 Å². The van der Waals surface area contributed by atoms with E-state index in [0.717, 1.165) is 32.7 Å². The van der Waals surface area contributed by atoms with E-state index in [0.29, 0.717) is 23.1 Å². The second kappa shape index (κ2) is 7.37. The number of hydrogen-bond donors (Lipinski definition) is 3. The van der Waals surface area contributed by atoms with Gasteiger partial charge in [0.2, 0.25) is 0 Å². The molecular weight excluding hydrogens is 384 g/mol. The van der Waals surface area contributed by atoms with E-state index in [1.807, 2.05) is 79.7 Å². The van der Waals surface area contributed by atoms with Crippen LogP contribution in [0.4, 0.5) is 0 Å². The largest absolute Gasteiger partial charge is 0.508 e. The highest BCUT2D eigenvalue weighted by molar-refractivity contribution is 6.10. The molecule has 0 aliphatic rings. The first-order valence-electron chi connectivity index (χ1n) is 10.3. The van der Waals surface area contributed by atoms with Crippen LogP contribution < -0.4 is 0 Å². The third kappa shape index (κ3) is 3.24. The average Bonchev–Trinajstić information content (AvgIpc) is 2.78. The maximum atomic E-state index is 11.5. The zero-order chi connectivity index (χ0) is 21.5. The van der Waals surface area contributed by atoms with Crippen molar-refractivity contribution < 1.29 is 15.3 Å². The molecule has 0 bridgehead atoms. The van der Waals surface area contributed by atoms with Gasteiger partial charge in [-0.3, -0.25) is 0 Å². The minimum atomic E-state index is 0.117. The molecule has 152 valence electrons. The van der Waals surface area contributed by atoms with E-state index in [-0.39, 0.29) is 17.2 Å². The number of rotatable bonds is 3. The fourth-order valence-corrected chi connectivity index (χ4v) is 4.37. The summed E-state index contributed by atoms with van der Waals surface area (Å²) in [5.41, 5.74) is 3.71. The molecule has 0 saturated heterocycles. The highest BCUT2D eigenvalue weighted by Crippen LogP contribution is 2.46. The molecule has 0 heterocycles. The fraction of sp³-hybridized carbons (Fsp3) is 0.0714. The van der Waals surface area contributed by atoms with Crippen LogP contribution in [0.3, 0.4) is 0 Å². The lowest BCUT2D eigenvalue weighted by molar-refractivity contribution is 0.462. The van der Waals surface area contributed by atoms with E-state index in [9.17, 15) is 15.3 Å². The molecule has 0 atom stereocenters. The summed E-state index contributed by atoms with van der Waals surface area (Å²) >= 11 is 0. The van der Waals surface area contributed by atoms with E-state index in [1.54, 1.807) is 12.1 Å². The second-order valence-electron chi connectivity index (χ2n) is 7.97. The molecule has 0 saturated carbocycles. The number of phenolic OH excluding ortho intramolecular Hbond substituents is 3. The van der Waals surface area contributed by atoms with Gasteiger partial charge in [-0.15, -0.1) is 0 Å². The van der Waals surface area contributed by atoms with Crippen molar-refractivity contribution in [2.24, 2.45) is 0 Å². The van der Waals surface area contributed by atoms with Crippen molar-refractivity contribution in [3.05, 3.63) is 102 Å². The summed E-state index contributed by atoms with van der Waals surface area (Å²) in [7, 11) is 0. The molecule has 3 N–H and O–H groups in total. The van der Waals surface area contributed by atoms with Crippen molar-refractivity contribution in [2.75, 3.05) is 0 Å². The SMILES string of the molecule is Cc1ccc(O)c(Cc2cc3ccccc3c(-c3c(O)ccc4ccccc34)c2O)c1. The molecule has 0 aliphatic heterocycles. The average molecular weight is 406 g/mol. The minimum absolute atomic E-state index is 0.117. The molecule has 0 aromatic heterocycles. The lowest BCUT2D eigenvalue weighted by Gasteiger charge is -2.17. The monoisotopic (exact) mass is 406 g/mol. The van der Waals surface area contributed by atoms with Crippen LogP contribution in [0.15, 0.2) is 84.9 Å². The molecule has 3 heteroatoms. The maximum absolute atomic E-state index is 11.5.